The average Bonchev–Trinajstić information content (AvgIpc) is 2.88. The number of oxazole rings is 1. The number of halogens is 4. The Morgan fingerprint density at radius 2 is 1.70 bits per heavy atom. The summed E-state index contributed by atoms with van der Waals surface area (Å²) in [6.45, 7) is 0. The molecule has 0 aliphatic rings. The number of rotatable bonds is 3. The Hall–Kier alpha value is -1.70. The Morgan fingerprint density at radius 1 is 1.15 bits per heavy atom. The smallest absolute Gasteiger partial charge is 0.468 e. The number of ether oxygens (including phenoxy) is 2. The summed E-state index contributed by atoms with van der Waals surface area (Å²) in [5, 5.41) is 0. The molecule has 1 aromatic carbocycles. The van der Waals surface area contributed by atoms with Gasteiger partial charge in [-0.1, -0.05) is 0 Å². The Bertz CT molecular complexity index is 600. The van der Waals surface area contributed by atoms with Gasteiger partial charge in [-0.15, -0.1) is 0 Å². The van der Waals surface area contributed by atoms with Gasteiger partial charge in [0, 0.05) is 5.56 Å². The first kappa shape index (κ1) is 14.7. The Labute approximate surface area is 120 Å². The summed E-state index contributed by atoms with van der Waals surface area (Å²) in [4.78, 5) is 3.41. The standard InChI is InChI=1S/C12H9BrF3NO3/c1-18-8-3-6(4-9(19-2)10(8)13)7-5-20-11(17-7)12(14,15)16/h3-5H,1-2H3. The molecule has 0 aliphatic carbocycles. The molecule has 0 bridgehead atoms. The Morgan fingerprint density at radius 3 is 2.10 bits per heavy atom. The number of hydrogen-bond donors (Lipinski definition) is 0. The maximum Gasteiger partial charge on any atom is 0.468 e. The zero-order valence-electron chi connectivity index (χ0n) is 10.4. The van der Waals surface area contributed by atoms with Crippen LogP contribution in [0.15, 0.2) is 27.3 Å². The zero-order valence-corrected chi connectivity index (χ0v) is 12.0. The van der Waals surface area contributed by atoms with Crippen LogP contribution in [-0.4, -0.2) is 19.2 Å². The van der Waals surface area contributed by atoms with Gasteiger partial charge in [-0.3, -0.25) is 0 Å². The monoisotopic (exact) mass is 351 g/mol. The van der Waals surface area contributed by atoms with Gasteiger partial charge < -0.3 is 13.9 Å². The van der Waals surface area contributed by atoms with Crippen molar-refractivity contribution in [2.45, 2.75) is 6.18 Å². The molecule has 1 heterocycles. The van der Waals surface area contributed by atoms with Crippen LogP contribution < -0.4 is 9.47 Å². The van der Waals surface area contributed by atoms with E-state index in [1.165, 1.54) is 26.4 Å². The van der Waals surface area contributed by atoms with Crippen molar-refractivity contribution >= 4 is 15.9 Å². The van der Waals surface area contributed by atoms with Crippen molar-refractivity contribution in [1.82, 2.24) is 4.98 Å². The highest BCUT2D eigenvalue weighted by atomic mass is 79.9. The molecule has 0 fully saturated rings. The fraction of sp³-hybridized carbons (Fsp3) is 0.250. The lowest BCUT2D eigenvalue weighted by molar-refractivity contribution is -0.157. The highest BCUT2D eigenvalue weighted by Crippen LogP contribution is 2.39. The molecule has 0 amide bonds. The second-order valence-electron chi connectivity index (χ2n) is 3.73. The van der Waals surface area contributed by atoms with Crippen LogP contribution in [0.25, 0.3) is 11.3 Å². The quantitative estimate of drug-likeness (QED) is 0.833. The summed E-state index contributed by atoms with van der Waals surface area (Å²) in [7, 11) is 2.88. The van der Waals surface area contributed by atoms with Crippen LogP contribution >= 0.6 is 15.9 Å². The molecule has 0 aliphatic heterocycles. The number of methoxy groups -OCH3 is 2. The molecule has 1 aromatic heterocycles. The largest absolute Gasteiger partial charge is 0.495 e. The summed E-state index contributed by atoms with van der Waals surface area (Å²) >= 11 is 3.27. The van der Waals surface area contributed by atoms with Gasteiger partial charge in [-0.05, 0) is 28.1 Å². The number of hydrogen-bond acceptors (Lipinski definition) is 4. The third-order valence-electron chi connectivity index (χ3n) is 2.49. The third-order valence-corrected chi connectivity index (χ3v) is 3.27. The van der Waals surface area contributed by atoms with E-state index < -0.39 is 12.1 Å². The molecule has 108 valence electrons. The van der Waals surface area contributed by atoms with Gasteiger partial charge in [0.15, 0.2) is 0 Å². The molecule has 0 saturated carbocycles. The van der Waals surface area contributed by atoms with Gasteiger partial charge in [0.1, 0.15) is 27.9 Å². The van der Waals surface area contributed by atoms with E-state index in [-0.39, 0.29) is 5.69 Å². The molecule has 0 N–H and O–H groups in total. The number of aromatic nitrogens is 1. The number of alkyl halides is 3. The third kappa shape index (κ3) is 2.74. The van der Waals surface area contributed by atoms with E-state index in [1.54, 1.807) is 0 Å². The molecule has 0 radical (unpaired) electrons. The Kier molecular flexibility index (Phi) is 3.94. The van der Waals surface area contributed by atoms with Crippen molar-refractivity contribution < 1.29 is 27.1 Å². The predicted molar refractivity (Wildman–Crippen MR) is 67.7 cm³/mol. The van der Waals surface area contributed by atoms with Crippen molar-refractivity contribution in [3.63, 3.8) is 0 Å². The lowest BCUT2D eigenvalue weighted by Gasteiger charge is -2.10. The maximum atomic E-state index is 12.5. The molecule has 8 heteroatoms. The van der Waals surface area contributed by atoms with E-state index in [2.05, 4.69) is 25.3 Å². The molecule has 2 rings (SSSR count). The average molecular weight is 352 g/mol. The lowest BCUT2D eigenvalue weighted by Crippen LogP contribution is -2.04. The van der Waals surface area contributed by atoms with Gasteiger partial charge in [0.2, 0.25) is 0 Å². The summed E-state index contributed by atoms with van der Waals surface area (Å²) in [6.07, 6.45) is -3.69. The lowest BCUT2D eigenvalue weighted by atomic mass is 10.1. The topological polar surface area (TPSA) is 44.5 Å². The minimum Gasteiger partial charge on any atom is -0.495 e. The summed E-state index contributed by atoms with van der Waals surface area (Å²) in [6, 6.07) is 3.06. The molecular weight excluding hydrogens is 343 g/mol. The predicted octanol–water partition coefficient (Wildman–Crippen LogP) is 4.14. The highest BCUT2D eigenvalue weighted by molar-refractivity contribution is 9.10. The fourth-order valence-corrected chi connectivity index (χ4v) is 2.11. The van der Waals surface area contributed by atoms with Crippen LogP contribution in [0, 0.1) is 0 Å². The first-order chi connectivity index (χ1) is 9.36. The summed E-state index contributed by atoms with van der Waals surface area (Å²) in [5.74, 6) is -0.472. The van der Waals surface area contributed by atoms with E-state index in [1.807, 2.05) is 0 Å². The van der Waals surface area contributed by atoms with Gasteiger partial charge in [0.05, 0.1) is 14.2 Å². The van der Waals surface area contributed by atoms with E-state index in [0.717, 1.165) is 6.26 Å². The minimum atomic E-state index is -4.62. The van der Waals surface area contributed by atoms with E-state index in [4.69, 9.17) is 9.47 Å². The van der Waals surface area contributed by atoms with Crippen molar-refractivity contribution in [3.05, 3.63) is 28.8 Å². The van der Waals surface area contributed by atoms with Crippen LogP contribution in [0.2, 0.25) is 0 Å². The van der Waals surface area contributed by atoms with Crippen molar-refractivity contribution in [2.24, 2.45) is 0 Å². The molecule has 0 spiro atoms. The van der Waals surface area contributed by atoms with E-state index in [9.17, 15) is 13.2 Å². The molecule has 0 atom stereocenters. The summed E-state index contributed by atoms with van der Waals surface area (Å²) < 4.78 is 52.6. The molecule has 2 aromatic rings. The van der Waals surface area contributed by atoms with Crippen molar-refractivity contribution in [1.29, 1.82) is 0 Å². The first-order valence-electron chi connectivity index (χ1n) is 5.31. The van der Waals surface area contributed by atoms with Gasteiger partial charge in [-0.2, -0.15) is 13.2 Å². The Balaban J connectivity index is 2.50. The van der Waals surface area contributed by atoms with Crippen LogP contribution in [0.3, 0.4) is 0 Å². The van der Waals surface area contributed by atoms with E-state index >= 15 is 0 Å². The van der Waals surface area contributed by atoms with Gasteiger partial charge in [0.25, 0.3) is 0 Å². The van der Waals surface area contributed by atoms with Crippen LogP contribution in [0.1, 0.15) is 5.89 Å². The van der Waals surface area contributed by atoms with Crippen LogP contribution in [-0.2, 0) is 6.18 Å². The molecular formula is C12H9BrF3NO3. The molecule has 0 saturated heterocycles. The number of nitrogens with zero attached hydrogens (tertiary/aromatic N) is 1. The second kappa shape index (κ2) is 5.35. The minimum absolute atomic E-state index is 0.0430. The molecule has 0 unspecified atom stereocenters. The maximum absolute atomic E-state index is 12.5. The molecule has 20 heavy (non-hydrogen) atoms. The van der Waals surface area contributed by atoms with Crippen LogP contribution in [0.5, 0.6) is 11.5 Å². The number of benzene rings is 1. The van der Waals surface area contributed by atoms with Crippen molar-refractivity contribution in [3.8, 4) is 22.8 Å². The van der Waals surface area contributed by atoms with Gasteiger partial charge in [-0.25, -0.2) is 4.98 Å². The van der Waals surface area contributed by atoms with Gasteiger partial charge >= 0.3 is 12.1 Å². The van der Waals surface area contributed by atoms with E-state index in [0.29, 0.717) is 21.5 Å². The highest BCUT2D eigenvalue weighted by Gasteiger charge is 2.37. The van der Waals surface area contributed by atoms with Crippen molar-refractivity contribution in [2.75, 3.05) is 14.2 Å². The normalized spacial score (nSPS) is 11.5. The fourth-order valence-electron chi connectivity index (χ4n) is 1.55. The SMILES string of the molecule is COc1cc(-c2coc(C(F)(F)F)n2)cc(OC)c1Br. The molecule has 4 nitrogen and oxygen atoms in total. The van der Waals surface area contributed by atoms with Crippen LogP contribution in [0.4, 0.5) is 13.2 Å². The summed E-state index contributed by atoms with van der Waals surface area (Å²) in [5.41, 5.74) is 0.433. The second-order valence-corrected chi connectivity index (χ2v) is 4.52. The zero-order chi connectivity index (χ0) is 14.9. The first-order valence-corrected chi connectivity index (χ1v) is 6.10.